The molecule has 162 valence electrons. The molecule has 0 amide bonds. The summed E-state index contributed by atoms with van der Waals surface area (Å²) in [5, 5.41) is 11.9. The zero-order valence-electron chi connectivity index (χ0n) is 17.5. The second-order valence-corrected chi connectivity index (χ2v) is 7.62. The number of aromatic nitrogens is 5. The highest BCUT2D eigenvalue weighted by Gasteiger charge is 2.32. The predicted octanol–water partition coefficient (Wildman–Crippen LogP) is 3.07. The molecule has 3 N–H and O–H groups in total. The first-order valence-electron chi connectivity index (χ1n) is 9.96. The Morgan fingerprint density at radius 1 is 1.23 bits per heavy atom. The average molecular weight is 433 g/mol. The number of halogens is 1. The Balaban J connectivity index is 0.00000256. The molecule has 0 saturated heterocycles. The van der Waals surface area contributed by atoms with Crippen LogP contribution in [0.1, 0.15) is 42.3 Å². The number of methoxy groups -OCH3 is 2. The van der Waals surface area contributed by atoms with Crippen molar-refractivity contribution < 1.29 is 9.47 Å². The van der Waals surface area contributed by atoms with Crippen molar-refractivity contribution >= 4 is 12.4 Å². The van der Waals surface area contributed by atoms with E-state index in [-0.39, 0.29) is 30.5 Å². The molecule has 1 fully saturated rings. The first kappa shape index (κ1) is 22.3. The highest BCUT2D eigenvalue weighted by Crippen LogP contribution is 2.34. The molecule has 1 saturated carbocycles. The Bertz CT molecular complexity index is 972. The lowest BCUT2D eigenvalue weighted by Crippen LogP contribution is -2.41. The lowest BCUT2D eigenvalue weighted by atomic mass is 9.83. The molecule has 0 bridgehead atoms. The fraction of sp³-hybridized carbons (Fsp3) is 0.476. The van der Waals surface area contributed by atoms with E-state index in [1.54, 1.807) is 20.4 Å². The van der Waals surface area contributed by atoms with Gasteiger partial charge in [0.25, 0.3) is 0 Å². The van der Waals surface area contributed by atoms with E-state index in [0.717, 1.165) is 47.7 Å². The van der Waals surface area contributed by atoms with Gasteiger partial charge in [-0.2, -0.15) is 10.2 Å². The third kappa shape index (κ3) is 4.35. The lowest BCUT2D eigenvalue weighted by molar-refractivity contribution is 0.0480. The highest BCUT2D eigenvalue weighted by atomic mass is 35.5. The van der Waals surface area contributed by atoms with Gasteiger partial charge in [-0.05, 0) is 32.3 Å². The molecule has 9 heteroatoms. The van der Waals surface area contributed by atoms with Crippen LogP contribution in [0.5, 0.6) is 5.75 Å². The van der Waals surface area contributed by atoms with Gasteiger partial charge in [-0.15, -0.1) is 12.4 Å². The van der Waals surface area contributed by atoms with E-state index in [1.165, 1.54) is 0 Å². The van der Waals surface area contributed by atoms with Crippen molar-refractivity contribution in [3.8, 4) is 17.1 Å². The largest absolute Gasteiger partial charge is 0.496 e. The van der Waals surface area contributed by atoms with E-state index in [2.05, 4.69) is 16.3 Å². The van der Waals surface area contributed by atoms with E-state index in [0.29, 0.717) is 12.4 Å². The molecule has 1 aliphatic carbocycles. The fourth-order valence-corrected chi connectivity index (χ4v) is 4.16. The first-order valence-corrected chi connectivity index (χ1v) is 9.96. The number of benzene rings is 1. The minimum atomic E-state index is -0.00530. The number of hydrogen-bond acceptors (Lipinski definition) is 6. The van der Waals surface area contributed by atoms with Gasteiger partial charge in [-0.1, -0.05) is 18.2 Å². The summed E-state index contributed by atoms with van der Waals surface area (Å²) >= 11 is 0. The predicted molar refractivity (Wildman–Crippen MR) is 117 cm³/mol. The Morgan fingerprint density at radius 2 is 2.03 bits per heavy atom. The van der Waals surface area contributed by atoms with Crippen molar-refractivity contribution in [1.82, 2.24) is 25.0 Å². The summed E-state index contributed by atoms with van der Waals surface area (Å²) in [4.78, 5) is 4.93. The Labute approximate surface area is 182 Å². The standard InChI is InChI=1S/C21H28N6O2.ClH/c1-13-16(11-23-25-13)20-24-21(14-8-9-19(29-3)17(22)10-14)27(26-20)12-15-6-4-5-7-18(15)28-2;/h4-7,11,14,17,19H,8-10,12,22H2,1-3H3,(H,23,25);1H/t14-,17+,19+;/m0./s1. The number of rotatable bonds is 6. The number of nitrogens with two attached hydrogens (primary N) is 1. The van der Waals surface area contributed by atoms with Crippen LogP contribution in [0, 0.1) is 6.92 Å². The molecule has 2 aromatic heterocycles. The SMILES string of the molecule is COc1ccccc1Cn1nc(-c2cn[nH]c2C)nc1[C@H]1CC[C@@H](OC)[C@H](N)C1.Cl. The summed E-state index contributed by atoms with van der Waals surface area (Å²) < 4.78 is 13.1. The number of nitrogens with one attached hydrogen (secondary N) is 1. The maximum Gasteiger partial charge on any atom is 0.184 e. The quantitative estimate of drug-likeness (QED) is 0.620. The minimum Gasteiger partial charge on any atom is -0.496 e. The topological polar surface area (TPSA) is 104 Å². The van der Waals surface area contributed by atoms with Gasteiger partial charge in [0.1, 0.15) is 11.6 Å². The molecule has 0 radical (unpaired) electrons. The second kappa shape index (κ2) is 9.59. The zero-order chi connectivity index (χ0) is 20.4. The molecular weight excluding hydrogens is 404 g/mol. The Morgan fingerprint density at radius 3 is 2.70 bits per heavy atom. The van der Waals surface area contributed by atoms with Crippen molar-refractivity contribution in [1.29, 1.82) is 0 Å². The number of nitrogens with zero attached hydrogens (tertiary/aromatic N) is 4. The van der Waals surface area contributed by atoms with Gasteiger partial charge >= 0.3 is 0 Å². The lowest BCUT2D eigenvalue weighted by Gasteiger charge is -2.32. The number of aryl methyl sites for hydroxylation is 1. The normalized spacial score (nSPS) is 21.3. The van der Waals surface area contributed by atoms with Crippen molar-refractivity contribution in [2.45, 2.75) is 50.8 Å². The van der Waals surface area contributed by atoms with Crippen LogP contribution >= 0.6 is 12.4 Å². The molecule has 1 aliphatic rings. The molecule has 0 spiro atoms. The minimum absolute atomic E-state index is 0. The zero-order valence-corrected chi connectivity index (χ0v) is 18.4. The average Bonchev–Trinajstić information content (AvgIpc) is 3.34. The van der Waals surface area contributed by atoms with E-state index in [1.807, 2.05) is 29.8 Å². The maximum absolute atomic E-state index is 6.37. The van der Waals surface area contributed by atoms with Crippen LogP contribution in [0.15, 0.2) is 30.5 Å². The number of H-pyrrole nitrogens is 1. The van der Waals surface area contributed by atoms with E-state index >= 15 is 0 Å². The molecule has 0 unspecified atom stereocenters. The molecular formula is C21H29ClN6O2. The van der Waals surface area contributed by atoms with Gasteiger partial charge in [0.2, 0.25) is 0 Å². The molecule has 2 heterocycles. The van der Waals surface area contributed by atoms with Gasteiger partial charge in [0.15, 0.2) is 5.82 Å². The Kier molecular flexibility index (Phi) is 7.12. The number of para-hydroxylation sites is 1. The van der Waals surface area contributed by atoms with E-state index in [4.69, 9.17) is 25.3 Å². The summed E-state index contributed by atoms with van der Waals surface area (Å²) in [6.07, 6.45) is 4.60. The van der Waals surface area contributed by atoms with Gasteiger partial charge in [0.05, 0.1) is 31.5 Å². The van der Waals surface area contributed by atoms with Crippen LogP contribution in [0.3, 0.4) is 0 Å². The van der Waals surface area contributed by atoms with Gasteiger partial charge in [0, 0.05) is 30.3 Å². The monoisotopic (exact) mass is 432 g/mol. The van der Waals surface area contributed by atoms with Gasteiger partial charge in [-0.3, -0.25) is 5.10 Å². The number of aromatic amines is 1. The third-order valence-corrected chi connectivity index (χ3v) is 5.79. The van der Waals surface area contributed by atoms with Crippen molar-refractivity contribution in [3.05, 3.63) is 47.5 Å². The van der Waals surface area contributed by atoms with Crippen LogP contribution in [-0.4, -0.2) is 51.3 Å². The molecule has 30 heavy (non-hydrogen) atoms. The van der Waals surface area contributed by atoms with Gasteiger partial charge in [-0.25, -0.2) is 9.67 Å². The molecule has 3 aromatic rings. The van der Waals surface area contributed by atoms with Crippen molar-refractivity contribution in [3.63, 3.8) is 0 Å². The summed E-state index contributed by atoms with van der Waals surface area (Å²) in [7, 11) is 3.42. The van der Waals surface area contributed by atoms with Crippen LogP contribution in [-0.2, 0) is 11.3 Å². The maximum atomic E-state index is 6.37. The summed E-state index contributed by atoms with van der Waals surface area (Å²) in [6.45, 7) is 2.56. The number of ether oxygens (including phenoxy) is 2. The highest BCUT2D eigenvalue weighted by molar-refractivity contribution is 5.85. The Hall–Kier alpha value is -2.42. The van der Waals surface area contributed by atoms with Gasteiger partial charge < -0.3 is 15.2 Å². The van der Waals surface area contributed by atoms with Crippen molar-refractivity contribution in [2.75, 3.05) is 14.2 Å². The molecule has 1 aromatic carbocycles. The summed E-state index contributed by atoms with van der Waals surface area (Å²) in [6, 6.07) is 7.99. The smallest absolute Gasteiger partial charge is 0.184 e. The van der Waals surface area contributed by atoms with Crippen LogP contribution < -0.4 is 10.5 Å². The molecule has 4 rings (SSSR count). The van der Waals surface area contributed by atoms with Crippen molar-refractivity contribution in [2.24, 2.45) is 5.73 Å². The number of hydrogen-bond donors (Lipinski definition) is 2. The molecule has 0 aliphatic heterocycles. The molecule has 3 atom stereocenters. The van der Waals surface area contributed by atoms with E-state index < -0.39 is 0 Å². The van der Waals surface area contributed by atoms with Crippen LogP contribution in [0.4, 0.5) is 0 Å². The summed E-state index contributed by atoms with van der Waals surface area (Å²) in [5.74, 6) is 2.72. The van der Waals surface area contributed by atoms with Crippen LogP contribution in [0.25, 0.3) is 11.4 Å². The third-order valence-electron chi connectivity index (χ3n) is 5.79. The fourth-order valence-electron chi connectivity index (χ4n) is 4.16. The van der Waals surface area contributed by atoms with E-state index in [9.17, 15) is 0 Å². The second-order valence-electron chi connectivity index (χ2n) is 7.62. The molecule has 8 nitrogen and oxygen atoms in total. The summed E-state index contributed by atoms with van der Waals surface area (Å²) in [5.41, 5.74) is 9.30. The van der Waals surface area contributed by atoms with Crippen LogP contribution in [0.2, 0.25) is 0 Å². The first-order chi connectivity index (χ1) is 14.1.